The molecule has 0 aromatic carbocycles. The first-order valence-electron chi connectivity index (χ1n) is 11.7. The third kappa shape index (κ3) is 5.69. The van der Waals surface area contributed by atoms with Gasteiger partial charge >= 0.3 is 0 Å². The molecule has 3 rings (SSSR count). The standard InChI is InChI=1S/C23H43N3O/c1-18(2)21-9-11-25(12-10-21)22-7-5-20(6-8-22)17-24-13-15-26(16-14-24)23(27)19(3)4/h18-22H,5-17H2,1-4H3/t20-,22-. The molecule has 0 N–H and O–H groups in total. The molecular formula is C23H43N3O. The molecule has 0 unspecified atom stereocenters. The zero-order valence-electron chi connectivity index (χ0n) is 18.3. The number of piperazine rings is 1. The summed E-state index contributed by atoms with van der Waals surface area (Å²) >= 11 is 0. The molecule has 4 heteroatoms. The number of likely N-dealkylation sites (tertiary alicyclic amines) is 1. The topological polar surface area (TPSA) is 26.8 Å². The fraction of sp³-hybridized carbons (Fsp3) is 0.957. The molecule has 3 fully saturated rings. The van der Waals surface area contributed by atoms with Gasteiger partial charge in [-0.2, -0.15) is 0 Å². The van der Waals surface area contributed by atoms with Crippen molar-refractivity contribution in [3.8, 4) is 0 Å². The van der Waals surface area contributed by atoms with Crippen LogP contribution in [0.2, 0.25) is 0 Å². The van der Waals surface area contributed by atoms with Gasteiger partial charge in [0.2, 0.25) is 5.91 Å². The van der Waals surface area contributed by atoms with Gasteiger partial charge in [0.1, 0.15) is 0 Å². The van der Waals surface area contributed by atoms with Crippen LogP contribution in [0.1, 0.15) is 66.2 Å². The van der Waals surface area contributed by atoms with Crippen molar-refractivity contribution in [2.24, 2.45) is 23.7 Å². The molecule has 2 heterocycles. The molecule has 0 atom stereocenters. The Balaban J connectivity index is 1.34. The van der Waals surface area contributed by atoms with Crippen LogP contribution in [0.25, 0.3) is 0 Å². The molecule has 4 nitrogen and oxygen atoms in total. The predicted octanol–water partition coefficient (Wildman–Crippen LogP) is 3.71. The number of piperidine rings is 1. The van der Waals surface area contributed by atoms with E-state index in [0.717, 1.165) is 50.0 Å². The van der Waals surface area contributed by atoms with Gasteiger partial charge in [-0.25, -0.2) is 0 Å². The number of hydrogen-bond donors (Lipinski definition) is 0. The second kappa shape index (κ2) is 9.73. The minimum Gasteiger partial charge on any atom is -0.340 e. The van der Waals surface area contributed by atoms with Gasteiger partial charge in [0.15, 0.2) is 0 Å². The van der Waals surface area contributed by atoms with E-state index in [2.05, 4.69) is 28.5 Å². The second-order valence-corrected chi connectivity index (χ2v) is 10.1. The summed E-state index contributed by atoms with van der Waals surface area (Å²) in [5, 5.41) is 0. The predicted molar refractivity (Wildman–Crippen MR) is 113 cm³/mol. The lowest BCUT2D eigenvalue weighted by atomic mass is 9.82. The van der Waals surface area contributed by atoms with E-state index < -0.39 is 0 Å². The van der Waals surface area contributed by atoms with Crippen LogP contribution in [0.5, 0.6) is 0 Å². The maximum Gasteiger partial charge on any atom is 0.225 e. The quantitative estimate of drug-likeness (QED) is 0.731. The monoisotopic (exact) mass is 377 g/mol. The minimum absolute atomic E-state index is 0.137. The number of hydrogen-bond acceptors (Lipinski definition) is 3. The summed E-state index contributed by atoms with van der Waals surface area (Å²) in [6.45, 7) is 16.7. The molecule has 1 aliphatic carbocycles. The minimum atomic E-state index is 0.137. The normalized spacial score (nSPS) is 29.6. The lowest BCUT2D eigenvalue weighted by Crippen LogP contribution is -2.51. The van der Waals surface area contributed by atoms with Crippen molar-refractivity contribution in [3.05, 3.63) is 0 Å². The van der Waals surface area contributed by atoms with Crippen molar-refractivity contribution in [2.45, 2.75) is 72.3 Å². The van der Waals surface area contributed by atoms with E-state index in [4.69, 9.17) is 0 Å². The van der Waals surface area contributed by atoms with E-state index in [1.54, 1.807) is 0 Å². The first-order chi connectivity index (χ1) is 12.9. The Morgan fingerprint density at radius 1 is 0.815 bits per heavy atom. The molecule has 0 bridgehead atoms. The molecule has 0 aromatic rings. The lowest BCUT2D eigenvalue weighted by Gasteiger charge is -2.43. The van der Waals surface area contributed by atoms with E-state index in [1.807, 2.05) is 13.8 Å². The smallest absolute Gasteiger partial charge is 0.225 e. The molecule has 1 saturated carbocycles. The second-order valence-electron chi connectivity index (χ2n) is 10.1. The first kappa shape index (κ1) is 21.1. The van der Waals surface area contributed by atoms with Crippen molar-refractivity contribution in [2.75, 3.05) is 45.8 Å². The Morgan fingerprint density at radius 3 is 1.93 bits per heavy atom. The number of carbonyl (C=O) groups excluding carboxylic acids is 1. The van der Waals surface area contributed by atoms with Crippen LogP contribution >= 0.6 is 0 Å². The summed E-state index contributed by atoms with van der Waals surface area (Å²) in [6.07, 6.45) is 8.44. The van der Waals surface area contributed by atoms with Gasteiger partial charge in [0.05, 0.1) is 0 Å². The summed E-state index contributed by atoms with van der Waals surface area (Å²) in [4.78, 5) is 19.6. The zero-order valence-corrected chi connectivity index (χ0v) is 18.3. The van der Waals surface area contributed by atoms with Gasteiger partial charge in [-0.15, -0.1) is 0 Å². The third-order valence-electron chi connectivity index (χ3n) is 7.54. The molecule has 3 aliphatic rings. The van der Waals surface area contributed by atoms with E-state index in [1.165, 1.54) is 58.2 Å². The number of amides is 1. The van der Waals surface area contributed by atoms with Crippen molar-refractivity contribution in [1.29, 1.82) is 0 Å². The van der Waals surface area contributed by atoms with E-state index in [-0.39, 0.29) is 5.92 Å². The van der Waals surface area contributed by atoms with Crippen LogP contribution in [0.15, 0.2) is 0 Å². The fourth-order valence-electron chi connectivity index (χ4n) is 5.52. The Kier molecular flexibility index (Phi) is 7.61. The highest BCUT2D eigenvalue weighted by atomic mass is 16.2. The van der Waals surface area contributed by atoms with Gasteiger partial charge in [0, 0.05) is 44.7 Å². The Hall–Kier alpha value is -0.610. The summed E-state index contributed by atoms with van der Waals surface area (Å²) in [5.74, 6) is 3.16. The molecular weight excluding hydrogens is 334 g/mol. The molecule has 1 amide bonds. The average Bonchev–Trinajstić information content (AvgIpc) is 2.68. The summed E-state index contributed by atoms with van der Waals surface area (Å²) in [6, 6.07) is 0.856. The van der Waals surface area contributed by atoms with Crippen LogP contribution in [-0.2, 0) is 4.79 Å². The van der Waals surface area contributed by atoms with Gasteiger partial charge in [-0.1, -0.05) is 27.7 Å². The number of rotatable bonds is 5. The van der Waals surface area contributed by atoms with Gasteiger partial charge < -0.3 is 9.80 Å². The molecule has 2 aliphatic heterocycles. The van der Waals surface area contributed by atoms with Crippen molar-refractivity contribution in [3.63, 3.8) is 0 Å². The van der Waals surface area contributed by atoms with Crippen LogP contribution in [0, 0.1) is 23.7 Å². The fourth-order valence-corrected chi connectivity index (χ4v) is 5.52. The lowest BCUT2D eigenvalue weighted by molar-refractivity contribution is -0.136. The van der Waals surface area contributed by atoms with Crippen LogP contribution in [0.4, 0.5) is 0 Å². The maximum absolute atomic E-state index is 12.1. The molecule has 0 aromatic heterocycles. The first-order valence-corrected chi connectivity index (χ1v) is 11.7. The summed E-state index contributed by atoms with van der Waals surface area (Å²) in [7, 11) is 0. The SMILES string of the molecule is CC(C)C(=O)N1CCN(C[C@H]2CC[C@H](N3CCC(C(C)C)CC3)CC2)CC1. The number of carbonyl (C=O) groups is 1. The van der Waals surface area contributed by atoms with Crippen molar-refractivity contribution in [1.82, 2.24) is 14.7 Å². The third-order valence-corrected chi connectivity index (χ3v) is 7.54. The van der Waals surface area contributed by atoms with Gasteiger partial charge in [-0.05, 0) is 69.4 Å². The van der Waals surface area contributed by atoms with Gasteiger partial charge in [-0.3, -0.25) is 9.69 Å². The van der Waals surface area contributed by atoms with Crippen molar-refractivity contribution >= 4 is 5.91 Å². The highest BCUT2D eigenvalue weighted by Gasteiger charge is 2.31. The molecule has 27 heavy (non-hydrogen) atoms. The van der Waals surface area contributed by atoms with Crippen LogP contribution in [0.3, 0.4) is 0 Å². The molecule has 2 saturated heterocycles. The van der Waals surface area contributed by atoms with Crippen LogP contribution < -0.4 is 0 Å². The molecule has 0 spiro atoms. The highest BCUT2D eigenvalue weighted by molar-refractivity contribution is 5.78. The number of nitrogens with zero attached hydrogens (tertiary/aromatic N) is 3. The van der Waals surface area contributed by atoms with E-state index in [0.29, 0.717) is 5.91 Å². The molecule has 0 radical (unpaired) electrons. The van der Waals surface area contributed by atoms with E-state index in [9.17, 15) is 4.79 Å². The highest BCUT2D eigenvalue weighted by Crippen LogP contribution is 2.32. The summed E-state index contributed by atoms with van der Waals surface area (Å²) < 4.78 is 0. The molecule has 156 valence electrons. The van der Waals surface area contributed by atoms with Gasteiger partial charge in [0.25, 0.3) is 0 Å². The van der Waals surface area contributed by atoms with Crippen LogP contribution in [-0.4, -0.2) is 72.5 Å². The zero-order chi connectivity index (χ0) is 19.4. The summed E-state index contributed by atoms with van der Waals surface area (Å²) in [5.41, 5.74) is 0. The Morgan fingerprint density at radius 2 is 1.41 bits per heavy atom. The Labute approximate surface area is 167 Å². The van der Waals surface area contributed by atoms with E-state index >= 15 is 0 Å². The largest absolute Gasteiger partial charge is 0.340 e. The van der Waals surface area contributed by atoms with Crippen molar-refractivity contribution < 1.29 is 4.79 Å². The Bertz CT molecular complexity index is 454. The average molecular weight is 378 g/mol. The maximum atomic E-state index is 12.1.